The Bertz CT molecular complexity index is 985. The molecule has 2 N–H and O–H groups in total. The van der Waals surface area contributed by atoms with Crippen molar-refractivity contribution < 1.29 is 13.9 Å². The molecule has 4 rings (SSSR count). The van der Waals surface area contributed by atoms with Crippen molar-refractivity contribution in [2.24, 2.45) is 0 Å². The van der Waals surface area contributed by atoms with Gasteiger partial charge in [-0.15, -0.1) is 0 Å². The Morgan fingerprint density at radius 1 is 1.35 bits per heavy atom. The van der Waals surface area contributed by atoms with E-state index in [2.05, 4.69) is 20.6 Å². The standard InChI is InChI=1S/C18H16FN5O2/c19-6-8-26-13-9-12(10-20-11-13)21-17(25)15-5-7-24-16-4-2-1-3-14(16)22-18(24)23-15/h1-5,7,9-11,15H,6,8H2,(H,21,25)(H,22,23). The van der Waals surface area contributed by atoms with Crippen LogP contribution >= 0.6 is 0 Å². The highest BCUT2D eigenvalue weighted by atomic mass is 19.1. The van der Waals surface area contributed by atoms with Crippen LogP contribution < -0.4 is 15.4 Å². The van der Waals surface area contributed by atoms with E-state index in [9.17, 15) is 9.18 Å². The van der Waals surface area contributed by atoms with Crippen molar-refractivity contribution in [1.29, 1.82) is 0 Å². The van der Waals surface area contributed by atoms with E-state index in [0.717, 1.165) is 11.0 Å². The summed E-state index contributed by atoms with van der Waals surface area (Å²) in [5.74, 6) is 0.741. The zero-order valence-electron chi connectivity index (χ0n) is 13.7. The third-order valence-electron chi connectivity index (χ3n) is 3.92. The average molecular weight is 353 g/mol. The number of para-hydroxylation sites is 2. The molecular formula is C18H16FN5O2. The topological polar surface area (TPSA) is 81.1 Å². The number of halogens is 1. The molecular weight excluding hydrogens is 337 g/mol. The highest BCUT2D eigenvalue weighted by Crippen LogP contribution is 2.24. The fraction of sp³-hybridized carbons (Fsp3) is 0.167. The predicted molar refractivity (Wildman–Crippen MR) is 96.8 cm³/mol. The summed E-state index contributed by atoms with van der Waals surface area (Å²) in [6.07, 6.45) is 6.55. The maximum Gasteiger partial charge on any atom is 0.251 e. The highest BCUT2D eigenvalue weighted by molar-refractivity contribution is 5.99. The number of ether oxygens (including phenoxy) is 1. The zero-order chi connectivity index (χ0) is 17.9. The Balaban J connectivity index is 1.48. The van der Waals surface area contributed by atoms with Gasteiger partial charge in [-0.05, 0) is 18.2 Å². The van der Waals surface area contributed by atoms with E-state index in [1.807, 2.05) is 35.0 Å². The van der Waals surface area contributed by atoms with E-state index in [1.54, 1.807) is 12.1 Å². The van der Waals surface area contributed by atoms with Crippen molar-refractivity contribution in [2.45, 2.75) is 6.04 Å². The van der Waals surface area contributed by atoms with Crippen LogP contribution in [0, 0.1) is 0 Å². The number of carbonyl (C=O) groups is 1. The van der Waals surface area contributed by atoms with Crippen molar-refractivity contribution in [3.63, 3.8) is 0 Å². The fourth-order valence-corrected chi connectivity index (χ4v) is 2.75. The first kappa shape index (κ1) is 16.1. The van der Waals surface area contributed by atoms with Gasteiger partial charge in [-0.1, -0.05) is 12.1 Å². The molecule has 1 aliphatic heterocycles. The minimum atomic E-state index is -0.589. The number of nitrogens with zero attached hydrogens (tertiary/aromatic N) is 3. The second-order valence-electron chi connectivity index (χ2n) is 5.69. The minimum Gasteiger partial charge on any atom is -0.489 e. The highest BCUT2D eigenvalue weighted by Gasteiger charge is 2.22. The van der Waals surface area contributed by atoms with E-state index in [1.165, 1.54) is 12.4 Å². The summed E-state index contributed by atoms with van der Waals surface area (Å²) in [6, 6.07) is 8.76. The Hall–Kier alpha value is -3.42. The Kier molecular flexibility index (Phi) is 4.22. The molecule has 0 saturated heterocycles. The summed E-state index contributed by atoms with van der Waals surface area (Å²) in [5.41, 5.74) is 2.29. The van der Waals surface area contributed by atoms with Crippen molar-refractivity contribution in [2.75, 3.05) is 23.9 Å². The molecule has 26 heavy (non-hydrogen) atoms. The van der Waals surface area contributed by atoms with Crippen LogP contribution in [0.25, 0.3) is 17.2 Å². The number of hydrogen-bond acceptors (Lipinski definition) is 5. The largest absolute Gasteiger partial charge is 0.489 e. The number of imidazole rings is 1. The number of amides is 1. The first-order valence-electron chi connectivity index (χ1n) is 8.11. The monoisotopic (exact) mass is 353 g/mol. The lowest BCUT2D eigenvalue weighted by molar-refractivity contribution is -0.116. The first-order valence-corrected chi connectivity index (χ1v) is 8.11. The van der Waals surface area contributed by atoms with Crippen molar-refractivity contribution in [3.8, 4) is 5.75 Å². The average Bonchev–Trinajstić information content (AvgIpc) is 3.04. The van der Waals surface area contributed by atoms with Crippen LogP contribution in [-0.2, 0) is 4.79 Å². The van der Waals surface area contributed by atoms with Crippen LogP contribution in [0.5, 0.6) is 5.75 Å². The third-order valence-corrected chi connectivity index (χ3v) is 3.92. The summed E-state index contributed by atoms with van der Waals surface area (Å²) >= 11 is 0. The third kappa shape index (κ3) is 3.08. The van der Waals surface area contributed by atoms with Crippen LogP contribution in [0.4, 0.5) is 16.0 Å². The van der Waals surface area contributed by atoms with Gasteiger partial charge in [0.25, 0.3) is 5.91 Å². The molecule has 1 aliphatic rings. The molecule has 7 nitrogen and oxygen atoms in total. The lowest BCUT2D eigenvalue weighted by Gasteiger charge is -2.20. The van der Waals surface area contributed by atoms with Crippen molar-refractivity contribution in [1.82, 2.24) is 14.5 Å². The molecule has 3 aromatic rings. The molecule has 0 aliphatic carbocycles. The first-order chi connectivity index (χ1) is 12.7. The minimum absolute atomic E-state index is 0.0534. The maximum absolute atomic E-state index is 12.5. The smallest absolute Gasteiger partial charge is 0.251 e. The molecule has 3 heterocycles. The van der Waals surface area contributed by atoms with Gasteiger partial charge in [0.15, 0.2) is 0 Å². The molecule has 0 saturated carbocycles. The quantitative estimate of drug-likeness (QED) is 0.737. The number of aromatic nitrogens is 3. The second-order valence-corrected chi connectivity index (χ2v) is 5.69. The van der Waals surface area contributed by atoms with Gasteiger partial charge >= 0.3 is 0 Å². The lowest BCUT2D eigenvalue weighted by Crippen LogP contribution is -2.35. The van der Waals surface area contributed by atoms with E-state index in [-0.39, 0.29) is 12.5 Å². The van der Waals surface area contributed by atoms with E-state index in [0.29, 0.717) is 17.4 Å². The van der Waals surface area contributed by atoms with E-state index < -0.39 is 12.7 Å². The van der Waals surface area contributed by atoms with E-state index in [4.69, 9.17) is 4.74 Å². The summed E-state index contributed by atoms with van der Waals surface area (Å²) in [7, 11) is 0. The Morgan fingerprint density at radius 3 is 3.12 bits per heavy atom. The van der Waals surface area contributed by atoms with Crippen LogP contribution in [0.3, 0.4) is 0 Å². The second kappa shape index (κ2) is 6.83. The Morgan fingerprint density at radius 2 is 2.23 bits per heavy atom. The van der Waals surface area contributed by atoms with Crippen molar-refractivity contribution >= 4 is 34.8 Å². The van der Waals surface area contributed by atoms with E-state index >= 15 is 0 Å². The molecule has 2 aromatic heterocycles. The molecule has 1 amide bonds. The number of hydrogen-bond donors (Lipinski definition) is 2. The number of anilines is 2. The van der Waals surface area contributed by atoms with Gasteiger partial charge in [0, 0.05) is 12.3 Å². The molecule has 0 fully saturated rings. The molecule has 0 spiro atoms. The van der Waals surface area contributed by atoms with Gasteiger partial charge in [-0.2, -0.15) is 0 Å². The zero-order valence-corrected chi connectivity index (χ0v) is 13.7. The molecule has 1 unspecified atom stereocenters. The van der Waals surface area contributed by atoms with Crippen LogP contribution in [-0.4, -0.2) is 39.8 Å². The number of nitrogens with one attached hydrogen (secondary N) is 2. The Labute approximate surface area is 148 Å². The van der Waals surface area contributed by atoms with Gasteiger partial charge in [-0.25, -0.2) is 9.37 Å². The fourth-order valence-electron chi connectivity index (χ4n) is 2.75. The number of alkyl halides is 1. The number of rotatable bonds is 5. The molecule has 1 aromatic carbocycles. The van der Waals surface area contributed by atoms with Gasteiger partial charge in [0.05, 0.1) is 29.1 Å². The van der Waals surface area contributed by atoms with Gasteiger partial charge < -0.3 is 15.4 Å². The lowest BCUT2D eigenvalue weighted by atomic mass is 10.2. The van der Waals surface area contributed by atoms with Crippen LogP contribution in [0.15, 0.2) is 48.8 Å². The van der Waals surface area contributed by atoms with Crippen LogP contribution in [0.2, 0.25) is 0 Å². The summed E-state index contributed by atoms with van der Waals surface area (Å²) < 4.78 is 19.3. The predicted octanol–water partition coefficient (Wildman–Crippen LogP) is 2.68. The molecule has 8 heteroatoms. The maximum atomic E-state index is 12.5. The summed E-state index contributed by atoms with van der Waals surface area (Å²) in [6.45, 7) is -0.642. The summed E-state index contributed by atoms with van der Waals surface area (Å²) in [4.78, 5) is 21.0. The van der Waals surface area contributed by atoms with Crippen molar-refractivity contribution in [3.05, 3.63) is 48.8 Å². The van der Waals surface area contributed by atoms with Gasteiger partial charge in [-0.3, -0.25) is 14.3 Å². The molecule has 0 bridgehead atoms. The van der Waals surface area contributed by atoms with Crippen LogP contribution in [0.1, 0.15) is 0 Å². The van der Waals surface area contributed by atoms with Gasteiger partial charge in [0.1, 0.15) is 25.1 Å². The number of benzene rings is 1. The number of fused-ring (bicyclic) bond motifs is 3. The molecule has 1 atom stereocenters. The number of carbonyl (C=O) groups excluding carboxylic acids is 1. The normalized spacial score (nSPS) is 15.3. The number of pyridine rings is 1. The molecule has 132 valence electrons. The van der Waals surface area contributed by atoms with Gasteiger partial charge in [0.2, 0.25) is 5.95 Å². The summed E-state index contributed by atoms with van der Waals surface area (Å²) in [5, 5.41) is 5.87. The molecule has 0 radical (unpaired) electrons. The SMILES string of the molecule is O=C(Nc1cncc(OCCF)c1)C1C=Cn2c(nc3ccccc32)N1.